The normalized spacial score (nSPS) is 17.3. The van der Waals surface area contributed by atoms with Crippen molar-refractivity contribution in [2.75, 3.05) is 11.9 Å². The van der Waals surface area contributed by atoms with Crippen LogP contribution in [0.3, 0.4) is 0 Å². The third-order valence-corrected chi connectivity index (χ3v) is 5.94. The number of carbonyl (C=O) groups excluding carboxylic acids is 1. The van der Waals surface area contributed by atoms with Crippen LogP contribution in [0.2, 0.25) is 0 Å². The number of benzene rings is 1. The molecule has 1 saturated heterocycles. The highest BCUT2D eigenvalue weighted by Crippen LogP contribution is 2.35. The highest BCUT2D eigenvalue weighted by Gasteiger charge is 2.28. The number of carbonyl (C=O) groups is 1. The van der Waals surface area contributed by atoms with Crippen molar-refractivity contribution >= 4 is 39.9 Å². The van der Waals surface area contributed by atoms with Crippen LogP contribution in [0, 0.1) is 0 Å². The van der Waals surface area contributed by atoms with Crippen molar-refractivity contribution in [2.24, 2.45) is 0 Å². The topological polar surface area (TPSA) is 64.1 Å². The molecule has 1 aromatic heterocycles. The van der Waals surface area contributed by atoms with Gasteiger partial charge in [-0.15, -0.1) is 10.2 Å². The average Bonchev–Trinajstić information content (AvgIpc) is 3.17. The number of aryl methyl sites for hydroxylation is 2. The van der Waals surface area contributed by atoms with Crippen LogP contribution in [0.25, 0.3) is 0 Å². The lowest BCUT2D eigenvalue weighted by molar-refractivity contribution is -0.137. The van der Waals surface area contributed by atoms with Crippen molar-refractivity contribution in [1.29, 1.82) is 0 Å². The van der Waals surface area contributed by atoms with E-state index < -0.39 is 0 Å². The van der Waals surface area contributed by atoms with E-state index in [4.69, 9.17) is 4.74 Å². The minimum atomic E-state index is -0.149. The smallest absolute Gasteiger partial charge is 0.319 e. The number of cyclic esters (lactones) is 1. The van der Waals surface area contributed by atoms with Gasteiger partial charge in [0.15, 0.2) is 4.34 Å². The first-order chi connectivity index (χ1) is 11.2. The summed E-state index contributed by atoms with van der Waals surface area (Å²) in [6.45, 7) is 4.80. The van der Waals surface area contributed by atoms with Crippen molar-refractivity contribution < 1.29 is 9.53 Å². The number of ether oxygens (including phenoxy) is 1. The van der Waals surface area contributed by atoms with Crippen LogP contribution in [0.5, 0.6) is 0 Å². The Morgan fingerprint density at radius 2 is 2.04 bits per heavy atom. The van der Waals surface area contributed by atoms with Gasteiger partial charge >= 0.3 is 5.97 Å². The quantitative estimate of drug-likeness (QED) is 0.800. The first-order valence-electron chi connectivity index (χ1n) is 7.75. The molecule has 1 aromatic carbocycles. The van der Waals surface area contributed by atoms with Crippen LogP contribution < -0.4 is 5.32 Å². The monoisotopic (exact) mass is 349 g/mol. The molecule has 0 saturated carbocycles. The molecule has 1 aliphatic rings. The minimum absolute atomic E-state index is 0.148. The SMILES string of the molecule is CCc1cccc(CC)c1Nc1nnc(S[C@H]2CCOC2=O)s1. The van der Waals surface area contributed by atoms with Crippen molar-refractivity contribution in [3.05, 3.63) is 29.3 Å². The van der Waals surface area contributed by atoms with E-state index in [1.54, 1.807) is 0 Å². The molecule has 1 atom stereocenters. The maximum absolute atomic E-state index is 11.5. The van der Waals surface area contributed by atoms with E-state index in [-0.39, 0.29) is 11.2 Å². The van der Waals surface area contributed by atoms with Crippen LogP contribution in [0.4, 0.5) is 10.8 Å². The number of aromatic nitrogens is 2. The highest BCUT2D eigenvalue weighted by atomic mass is 32.2. The van der Waals surface area contributed by atoms with E-state index in [2.05, 4.69) is 47.6 Å². The molecule has 5 nitrogen and oxygen atoms in total. The number of rotatable bonds is 6. The molecular weight excluding hydrogens is 330 g/mol. The maximum Gasteiger partial charge on any atom is 0.319 e. The summed E-state index contributed by atoms with van der Waals surface area (Å²) in [5, 5.41) is 12.4. The number of nitrogens with zero attached hydrogens (tertiary/aromatic N) is 2. The number of para-hydroxylation sites is 1. The zero-order valence-corrected chi connectivity index (χ0v) is 14.8. The van der Waals surface area contributed by atoms with Gasteiger partial charge < -0.3 is 10.1 Å². The summed E-state index contributed by atoms with van der Waals surface area (Å²) >= 11 is 2.92. The number of hydrogen-bond acceptors (Lipinski definition) is 7. The lowest BCUT2D eigenvalue weighted by Crippen LogP contribution is -2.08. The van der Waals surface area contributed by atoms with Gasteiger partial charge in [0.2, 0.25) is 5.13 Å². The molecule has 0 aliphatic carbocycles. The highest BCUT2D eigenvalue weighted by molar-refractivity contribution is 8.02. The van der Waals surface area contributed by atoms with Crippen LogP contribution in [-0.2, 0) is 22.4 Å². The number of nitrogens with one attached hydrogen (secondary N) is 1. The predicted octanol–water partition coefficient (Wildman–Crippen LogP) is 3.81. The second-order valence-electron chi connectivity index (χ2n) is 5.22. The van der Waals surface area contributed by atoms with Crippen LogP contribution in [0.1, 0.15) is 31.4 Å². The number of esters is 1. The van der Waals surface area contributed by atoms with Crippen molar-refractivity contribution in [1.82, 2.24) is 10.2 Å². The van der Waals surface area contributed by atoms with Gasteiger partial charge in [0.25, 0.3) is 0 Å². The molecule has 7 heteroatoms. The first-order valence-corrected chi connectivity index (χ1v) is 9.45. The van der Waals surface area contributed by atoms with E-state index in [1.807, 2.05) is 0 Å². The molecule has 0 unspecified atom stereocenters. The Morgan fingerprint density at radius 1 is 1.30 bits per heavy atom. The third kappa shape index (κ3) is 3.67. The summed E-state index contributed by atoms with van der Waals surface area (Å²) in [7, 11) is 0. The summed E-state index contributed by atoms with van der Waals surface area (Å²) in [6.07, 6.45) is 2.67. The maximum atomic E-state index is 11.5. The van der Waals surface area contributed by atoms with Gasteiger partial charge in [0.05, 0.1) is 6.61 Å². The molecule has 122 valence electrons. The number of anilines is 2. The fourth-order valence-electron chi connectivity index (χ4n) is 2.52. The Labute approximate surface area is 143 Å². The minimum Gasteiger partial charge on any atom is -0.465 e. The van der Waals surface area contributed by atoms with Crippen LogP contribution in [0.15, 0.2) is 22.5 Å². The molecule has 1 N–H and O–H groups in total. The predicted molar refractivity (Wildman–Crippen MR) is 93.6 cm³/mol. The molecule has 1 fully saturated rings. The summed E-state index contributed by atoms with van der Waals surface area (Å²) < 4.78 is 5.78. The first kappa shape index (κ1) is 16.3. The molecule has 0 radical (unpaired) electrons. The van der Waals surface area contributed by atoms with Gasteiger partial charge in [-0.2, -0.15) is 0 Å². The van der Waals surface area contributed by atoms with E-state index in [9.17, 15) is 4.79 Å². The van der Waals surface area contributed by atoms with Gasteiger partial charge in [-0.3, -0.25) is 4.79 Å². The summed E-state index contributed by atoms with van der Waals surface area (Å²) in [5.74, 6) is -0.149. The fraction of sp³-hybridized carbons (Fsp3) is 0.438. The molecule has 0 amide bonds. The average molecular weight is 349 g/mol. The lowest BCUT2D eigenvalue weighted by Gasteiger charge is -2.13. The van der Waals surface area contributed by atoms with Gasteiger partial charge in [-0.1, -0.05) is 55.1 Å². The fourth-order valence-corrected chi connectivity index (χ4v) is 4.49. The van der Waals surface area contributed by atoms with Gasteiger partial charge in [0, 0.05) is 12.1 Å². The molecule has 2 heterocycles. The van der Waals surface area contributed by atoms with E-state index >= 15 is 0 Å². The molecule has 3 rings (SSSR count). The Bertz CT molecular complexity index is 680. The van der Waals surface area contributed by atoms with Crippen LogP contribution in [-0.4, -0.2) is 28.0 Å². The molecule has 23 heavy (non-hydrogen) atoms. The van der Waals surface area contributed by atoms with E-state index in [0.29, 0.717) is 6.61 Å². The Hall–Kier alpha value is -1.60. The van der Waals surface area contributed by atoms with Gasteiger partial charge in [-0.05, 0) is 24.0 Å². The molecule has 0 bridgehead atoms. The summed E-state index contributed by atoms with van der Waals surface area (Å²) in [5.41, 5.74) is 3.67. The molecule has 1 aliphatic heterocycles. The van der Waals surface area contributed by atoms with Crippen molar-refractivity contribution in [3.63, 3.8) is 0 Å². The second-order valence-corrected chi connectivity index (χ2v) is 7.65. The van der Waals surface area contributed by atoms with Gasteiger partial charge in [-0.25, -0.2) is 0 Å². The Morgan fingerprint density at radius 3 is 2.65 bits per heavy atom. The van der Waals surface area contributed by atoms with Crippen molar-refractivity contribution in [2.45, 2.75) is 42.7 Å². The van der Waals surface area contributed by atoms with Gasteiger partial charge in [0.1, 0.15) is 5.25 Å². The zero-order chi connectivity index (χ0) is 16.2. The second kappa shape index (κ2) is 7.31. The Balaban J connectivity index is 1.75. The van der Waals surface area contributed by atoms with E-state index in [1.165, 1.54) is 34.2 Å². The third-order valence-electron chi connectivity index (χ3n) is 3.77. The summed E-state index contributed by atoms with van der Waals surface area (Å²) in [6, 6.07) is 6.36. The summed E-state index contributed by atoms with van der Waals surface area (Å²) in [4.78, 5) is 11.5. The largest absolute Gasteiger partial charge is 0.465 e. The number of thioether (sulfide) groups is 1. The lowest BCUT2D eigenvalue weighted by atomic mass is 10.0. The number of hydrogen-bond donors (Lipinski definition) is 1. The van der Waals surface area contributed by atoms with Crippen molar-refractivity contribution in [3.8, 4) is 0 Å². The zero-order valence-electron chi connectivity index (χ0n) is 13.2. The van der Waals surface area contributed by atoms with E-state index in [0.717, 1.165) is 34.4 Å². The molecular formula is C16H19N3O2S2. The molecule has 2 aromatic rings. The Kier molecular flexibility index (Phi) is 5.17. The van der Waals surface area contributed by atoms with Crippen LogP contribution >= 0.6 is 23.1 Å². The standard InChI is InChI=1S/C16H19N3O2S2/c1-3-10-6-5-7-11(4-2)13(10)17-15-18-19-16(23-15)22-12-8-9-21-14(12)20/h5-7,12H,3-4,8-9H2,1-2H3,(H,17,18)/t12-/m0/s1. The molecule has 0 spiro atoms.